The number of nitrogens with zero attached hydrogens (tertiary/aromatic N) is 3. The first-order valence-electron chi connectivity index (χ1n) is 7.59. The van der Waals surface area contributed by atoms with Gasteiger partial charge in [-0.15, -0.1) is 0 Å². The summed E-state index contributed by atoms with van der Waals surface area (Å²) in [6, 6.07) is 10.8. The van der Waals surface area contributed by atoms with Crippen LogP contribution in [0.25, 0.3) is 11.4 Å². The van der Waals surface area contributed by atoms with Crippen molar-refractivity contribution in [1.29, 1.82) is 0 Å². The van der Waals surface area contributed by atoms with E-state index in [4.69, 9.17) is 0 Å². The van der Waals surface area contributed by atoms with Gasteiger partial charge < -0.3 is 5.32 Å². The van der Waals surface area contributed by atoms with Crippen molar-refractivity contribution in [1.82, 2.24) is 15.0 Å². The largest absolute Gasteiger partial charge is 0.417 e. The number of hydrogen-bond donors (Lipinski definition) is 1. The zero-order valence-electron chi connectivity index (χ0n) is 13.4. The average Bonchev–Trinajstić information content (AvgIpc) is 2.61. The highest BCUT2D eigenvalue weighted by Crippen LogP contribution is 2.36. The van der Waals surface area contributed by atoms with Crippen molar-refractivity contribution in [2.45, 2.75) is 19.6 Å². The molecule has 2 aromatic heterocycles. The van der Waals surface area contributed by atoms with Gasteiger partial charge in [0.05, 0.1) is 17.8 Å². The molecule has 0 aliphatic rings. The predicted molar refractivity (Wildman–Crippen MR) is 88.8 cm³/mol. The van der Waals surface area contributed by atoms with E-state index in [1.807, 2.05) is 18.2 Å². The van der Waals surface area contributed by atoms with Crippen LogP contribution in [0.1, 0.15) is 16.8 Å². The normalized spacial score (nSPS) is 11.4. The molecule has 0 amide bonds. The number of halogens is 3. The van der Waals surface area contributed by atoms with E-state index in [2.05, 4.69) is 20.3 Å². The van der Waals surface area contributed by atoms with E-state index < -0.39 is 11.7 Å². The van der Waals surface area contributed by atoms with E-state index >= 15 is 0 Å². The second-order valence-electron chi connectivity index (χ2n) is 5.44. The average molecular weight is 344 g/mol. The van der Waals surface area contributed by atoms with Crippen LogP contribution in [0.4, 0.5) is 19.0 Å². The number of nitrogens with one attached hydrogen (secondary N) is 1. The number of hydrogen-bond acceptors (Lipinski definition) is 4. The van der Waals surface area contributed by atoms with Crippen molar-refractivity contribution in [2.75, 3.05) is 5.32 Å². The zero-order chi connectivity index (χ0) is 17.9. The van der Waals surface area contributed by atoms with Crippen LogP contribution >= 0.6 is 0 Å². The minimum absolute atomic E-state index is 0.0297. The van der Waals surface area contributed by atoms with Crippen LogP contribution in [0.3, 0.4) is 0 Å². The van der Waals surface area contributed by atoms with E-state index in [0.29, 0.717) is 12.4 Å². The minimum atomic E-state index is -4.47. The summed E-state index contributed by atoms with van der Waals surface area (Å²) in [6.45, 7) is 2.21. The molecule has 0 unspecified atom stereocenters. The topological polar surface area (TPSA) is 50.7 Å². The third-order valence-electron chi connectivity index (χ3n) is 3.61. The van der Waals surface area contributed by atoms with Crippen molar-refractivity contribution in [3.05, 3.63) is 71.7 Å². The second-order valence-corrected chi connectivity index (χ2v) is 5.44. The summed E-state index contributed by atoms with van der Waals surface area (Å²) in [5, 5.41) is 3.10. The van der Waals surface area contributed by atoms with Crippen LogP contribution < -0.4 is 5.32 Å². The molecule has 0 saturated heterocycles. The Morgan fingerprint density at radius 3 is 2.48 bits per heavy atom. The summed E-state index contributed by atoms with van der Waals surface area (Å²) in [7, 11) is 0. The molecule has 7 heteroatoms. The van der Waals surface area contributed by atoms with E-state index in [1.165, 1.54) is 24.4 Å². The monoisotopic (exact) mass is 344 g/mol. The second kappa shape index (κ2) is 6.88. The molecule has 4 nitrogen and oxygen atoms in total. The first-order valence-corrected chi connectivity index (χ1v) is 7.59. The predicted octanol–water partition coefficient (Wildman–Crippen LogP) is 4.48. The molecule has 1 N–H and O–H groups in total. The summed E-state index contributed by atoms with van der Waals surface area (Å²) in [6.07, 6.45) is -1.28. The molecule has 0 aliphatic carbocycles. The summed E-state index contributed by atoms with van der Waals surface area (Å²) < 4.78 is 39.6. The summed E-state index contributed by atoms with van der Waals surface area (Å²) in [5.74, 6) is 0.509. The first kappa shape index (κ1) is 16.9. The van der Waals surface area contributed by atoms with Crippen LogP contribution in [0.5, 0.6) is 0 Å². The van der Waals surface area contributed by atoms with Crippen LogP contribution in [0, 0.1) is 6.92 Å². The quantitative estimate of drug-likeness (QED) is 0.758. The molecule has 3 aromatic rings. The van der Waals surface area contributed by atoms with E-state index in [1.54, 1.807) is 13.1 Å². The molecule has 1 aromatic carbocycles. The Balaban J connectivity index is 1.92. The van der Waals surface area contributed by atoms with Crippen molar-refractivity contribution in [3.8, 4) is 11.4 Å². The van der Waals surface area contributed by atoms with Gasteiger partial charge in [0.15, 0.2) is 5.82 Å². The third-order valence-corrected chi connectivity index (χ3v) is 3.61. The molecule has 0 saturated carbocycles. The lowest BCUT2D eigenvalue weighted by molar-refractivity contribution is -0.137. The Morgan fingerprint density at radius 1 is 1.00 bits per heavy atom. The number of rotatable bonds is 4. The van der Waals surface area contributed by atoms with E-state index in [-0.39, 0.29) is 11.4 Å². The summed E-state index contributed by atoms with van der Waals surface area (Å²) in [5.41, 5.74) is 0.743. The number of aryl methyl sites for hydroxylation is 1. The Hall–Kier alpha value is -2.96. The molecule has 0 aliphatic heterocycles. The van der Waals surface area contributed by atoms with Gasteiger partial charge in [0.1, 0.15) is 5.82 Å². The van der Waals surface area contributed by atoms with Gasteiger partial charge in [0.2, 0.25) is 0 Å². The Labute approximate surface area is 142 Å². The molecular weight excluding hydrogens is 329 g/mol. The first-order chi connectivity index (χ1) is 11.9. The van der Waals surface area contributed by atoms with Gasteiger partial charge >= 0.3 is 6.18 Å². The van der Waals surface area contributed by atoms with Crippen molar-refractivity contribution in [2.24, 2.45) is 0 Å². The lowest BCUT2D eigenvalue weighted by Gasteiger charge is -2.13. The number of pyridine rings is 1. The Morgan fingerprint density at radius 2 is 1.76 bits per heavy atom. The fourth-order valence-corrected chi connectivity index (χ4v) is 2.35. The lowest BCUT2D eigenvalue weighted by Crippen LogP contribution is -2.10. The highest BCUT2D eigenvalue weighted by Gasteiger charge is 2.34. The Kier molecular flexibility index (Phi) is 4.65. The van der Waals surface area contributed by atoms with Gasteiger partial charge in [0.25, 0.3) is 0 Å². The third kappa shape index (κ3) is 3.93. The molecule has 2 heterocycles. The number of alkyl halides is 3. The molecule has 0 atom stereocenters. The molecule has 0 radical (unpaired) electrons. The number of aromatic nitrogens is 3. The number of anilines is 1. The number of benzene rings is 1. The molecule has 3 rings (SSSR count). The van der Waals surface area contributed by atoms with Crippen LogP contribution in [0.2, 0.25) is 0 Å². The molecule has 128 valence electrons. The summed E-state index contributed by atoms with van der Waals surface area (Å²) >= 11 is 0. The van der Waals surface area contributed by atoms with Gasteiger partial charge in [-0.05, 0) is 25.1 Å². The summed E-state index contributed by atoms with van der Waals surface area (Å²) in [4.78, 5) is 12.5. The minimum Gasteiger partial charge on any atom is -0.364 e. The maximum absolute atomic E-state index is 13.2. The van der Waals surface area contributed by atoms with Crippen molar-refractivity contribution >= 4 is 5.82 Å². The fraction of sp³-hybridized carbons (Fsp3) is 0.167. The molecule has 0 fully saturated rings. The lowest BCUT2D eigenvalue weighted by atomic mass is 10.1. The van der Waals surface area contributed by atoms with Crippen LogP contribution in [-0.4, -0.2) is 15.0 Å². The zero-order valence-corrected chi connectivity index (χ0v) is 13.4. The molecule has 0 bridgehead atoms. The Bertz CT molecular complexity index is 864. The smallest absolute Gasteiger partial charge is 0.364 e. The fourth-order valence-electron chi connectivity index (χ4n) is 2.35. The van der Waals surface area contributed by atoms with Gasteiger partial charge in [0, 0.05) is 23.5 Å². The molecule has 0 spiro atoms. The van der Waals surface area contributed by atoms with Crippen molar-refractivity contribution in [3.63, 3.8) is 0 Å². The van der Waals surface area contributed by atoms with Crippen LogP contribution in [0.15, 0.2) is 54.9 Å². The maximum Gasteiger partial charge on any atom is 0.417 e. The standard InChI is InChI=1S/C18H15F3N4/c1-12-10-23-17(14-7-2-3-8-15(14)18(19,20)21)25-16(12)24-11-13-6-4-5-9-22-13/h2-10H,11H2,1H3,(H,23,24,25). The van der Waals surface area contributed by atoms with Gasteiger partial charge in [-0.25, -0.2) is 9.97 Å². The highest BCUT2D eigenvalue weighted by molar-refractivity contribution is 5.63. The van der Waals surface area contributed by atoms with Gasteiger partial charge in [-0.2, -0.15) is 13.2 Å². The SMILES string of the molecule is Cc1cnc(-c2ccccc2C(F)(F)F)nc1NCc1ccccn1. The van der Waals surface area contributed by atoms with E-state index in [9.17, 15) is 13.2 Å². The molecule has 25 heavy (non-hydrogen) atoms. The van der Waals surface area contributed by atoms with Crippen LogP contribution in [-0.2, 0) is 12.7 Å². The van der Waals surface area contributed by atoms with Gasteiger partial charge in [-0.1, -0.05) is 24.3 Å². The molecular formula is C18H15F3N4. The van der Waals surface area contributed by atoms with Crippen molar-refractivity contribution < 1.29 is 13.2 Å². The highest BCUT2D eigenvalue weighted by atomic mass is 19.4. The maximum atomic E-state index is 13.2. The van der Waals surface area contributed by atoms with E-state index in [0.717, 1.165) is 17.3 Å². The van der Waals surface area contributed by atoms with Gasteiger partial charge in [-0.3, -0.25) is 4.98 Å².